The van der Waals surface area contributed by atoms with Crippen molar-refractivity contribution in [2.75, 3.05) is 20.7 Å². The summed E-state index contributed by atoms with van der Waals surface area (Å²) >= 11 is 0. The molecular weight excluding hydrogens is 248 g/mol. The van der Waals surface area contributed by atoms with Crippen LogP contribution in [0, 0.1) is 11.8 Å². The lowest BCUT2D eigenvalue weighted by Gasteiger charge is -2.25. The molecule has 2 N–H and O–H groups in total. The van der Waals surface area contributed by atoms with Crippen LogP contribution in [0.25, 0.3) is 0 Å². The zero-order valence-corrected chi connectivity index (χ0v) is 12.5. The molecule has 0 aromatic heterocycles. The van der Waals surface area contributed by atoms with Crippen molar-refractivity contribution in [3.05, 3.63) is 29.3 Å². The Kier molecular flexibility index (Phi) is 5.46. The summed E-state index contributed by atoms with van der Waals surface area (Å²) < 4.78 is 5.47. The molecule has 0 saturated heterocycles. The Bertz CT molecular complexity index is 495. The summed E-state index contributed by atoms with van der Waals surface area (Å²) in [6.45, 7) is 1.30. The first-order chi connectivity index (χ1) is 9.74. The molecule has 0 radical (unpaired) electrons. The highest BCUT2D eigenvalue weighted by Gasteiger charge is 2.20. The summed E-state index contributed by atoms with van der Waals surface area (Å²) in [7, 11) is 3.92. The molecule has 0 heterocycles. The van der Waals surface area contributed by atoms with Crippen molar-refractivity contribution in [2.24, 2.45) is 5.73 Å². The Hall–Kier alpha value is -1.50. The molecule has 1 saturated carbocycles. The van der Waals surface area contributed by atoms with Crippen LogP contribution in [-0.4, -0.2) is 31.6 Å². The summed E-state index contributed by atoms with van der Waals surface area (Å²) in [4.78, 5) is 2.44. The van der Waals surface area contributed by atoms with Crippen molar-refractivity contribution in [3.8, 4) is 17.6 Å². The summed E-state index contributed by atoms with van der Waals surface area (Å²) in [5.74, 6) is 6.93. The van der Waals surface area contributed by atoms with E-state index in [2.05, 4.69) is 29.9 Å². The molecule has 1 aromatic rings. The molecule has 0 bridgehead atoms. The Morgan fingerprint density at radius 1 is 1.35 bits per heavy atom. The predicted molar refractivity (Wildman–Crippen MR) is 82.6 cm³/mol. The van der Waals surface area contributed by atoms with Gasteiger partial charge in [-0.3, -0.25) is 4.90 Å². The predicted octanol–water partition coefficient (Wildman–Crippen LogP) is 2.38. The van der Waals surface area contributed by atoms with Gasteiger partial charge in [0, 0.05) is 23.7 Å². The van der Waals surface area contributed by atoms with Crippen molar-refractivity contribution in [2.45, 2.75) is 38.3 Å². The van der Waals surface area contributed by atoms with Gasteiger partial charge in [0.2, 0.25) is 0 Å². The van der Waals surface area contributed by atoms with E-state index in [0.29, 0.717) is 12.6 Å². The van der Waals surface area contributed by atoms with E-state index in [1.165, 1.54) is 31.2 Å². The van der Waals surface area contributed by atoms with Gasteiger partial charge in [-0.15, -0.1) is 0 Å². The molecule has 1 fully saturated rings. The lowest BCUT2D eigenvalue weighted by Crippen LogP contribution is -2.28. The molecule has 3 heteroatoms. The van der Waals surface area contributed by atoms with Crippen LogP contribution < -0.4 is 10.5 Å². The third-order valence-electron chi connectivity index (χ3n) is 3.98. The molecule has 3 nitrogen and oxygen atoms in total. The topological polar surface area (TPSA) is 38.5 Å². The molecule has 1 aliphatic rings. The first-order valence-electron chi connectivity index (χ1n) is 7.30. The minimum atomic E-state index is 0.392. The monoisotopic (exact) mass is 272 g/mol. The van der Waals surface area contributed by atoms with Gasteiger partial charge in [-0.05, 0) is 38.1 Å². The number of rotatable bonds is 4. The standard InChI is InChI=1S/C17H24N2O/c1-19(16-7-3-4-8-16)13-15-12-14(6-5-11-18)9-10-17(15)20-2/h9-10,12,16H,3-4,7-8,11,13,18H2,1-2H3. The first kappa shape index (κ1) is 14.9. The second-order valence-electron chi connectivity index (χ2n) is 5.39. The Labute approximate surface area is 122 Å². The van der Waals surface area contributed by atoms with Gasteiger partial charge in [-0.2, -0.15) is 0 Å². The largest absolute Gasteiger partial charge is 0.496 e. The van der Waals surface area contributed by atoms with Gasteiger partial charge < -0.3 is 10.5 Å². The fraction of sp³-hybridized carbons (Fsp3) is 0.529. The molecule has 0 unspecified atom stereocenters. The van der Waals surface area contributed by atoms with E-state index in [1.54, 1.807) is 7.11 Å². The van der Waals surface area contributed by atoms with Crippen molar-refractivity contribution >= 4 is 0 Å². The Morgan fingerprint density at radius 3 is 2.75 bits per heavy atom. The summed E-state index contributed by atoms with van der Waals surface area (Å²) in [6, 6.07) is 6.81. The highest BCUT2D eigenvalue weighted by molar-refractivity contribution is 5.44. The van der Waals surface area contributed by atoms with Gasteiger partial charge in [0.25, 0.3) is 0 Å². The second-order valence-corrected chi connectivity index (χ2v) is 5.39. The van der Waals surface area contributed by atoms with Crippen LogP contribution in [0.1, 0.15) is 36.8 Å². The fourth-order valence-electron chi connectivity index (χ4n) is 2.88. The van der Waals surface area contributed by atoms with Crippen LogP contribution in [0.2, 0.25) is 0 Å². The molecule has 0 spiro atoms. The van der Waals surface area contributed by atoms with Crippen LogP contribution >= 0.6 is 0 Å². The maximum Gasteiger partial charge on any atom is 0.123 e. The lowest BCUT2D eigenvalue weighted by atomic mass is 10.1. The highest BCUT2D eigenvalue weighted by Crippen LogP contribution is 2.26. The number of hydrogen-bond acceptors (Lipinski definition) is 3. The van der Waals surface area contributed by atoms with E-state index >= 15 is 0 Å². The average molecular weight is 272 g/mol. The number of nitrogens with two attached hydrogens (primary N) is 1. The first-order valence-corrected chi connectivity index (χ1v) is 7.30. The Morgan fingerprint density at radius 2 is 2.10 bits per heavy atom. The van der Waals surface area contributed by atoms with Gasteiger partial charge in [0.1, 0.15) is 5.75 Å². The van der Waals surface area contributed by atoms with Gasteiger partial charge >= 0.3 is 0 Å². The van der Waals surface area contributed by atoms with Crippen LogP contribution in [0.15, 0.2) is 18.2 Å². The zero-order chi connectivity index (χ0) is 14.4. The van der Waals surface area contributed by atoms with E-state index in [9.17, 15) is 0 Å². The van der Waals surface area contributed by atoms with Crippen molar-refractivity contribution in [1.29, 1.82) is 0 Å². The SMILES string of the molecule is COc1ccc(C#CCN)cc1CN(C)C1CCCC1. The minimum Gasteiger partial charge on any atom is -0.496 e. The highest BCUT2D eigenvalue weighted by atomic mass is 16.5. The summed E-state index contributed by atoms with van der Waals surface area (Å²) in [5, 5.41) is 0. The zero-order valence-electron chi connectivity index (χ0n) is 12.5. The average Bonchev–Trinajstić information content (AvgIpc) is 2.99. The lowest BCUT2D eigenvalue weighted by molar-refractivity contribution is 0.234. The molecule has 0 amide bonds. The third-order valence-corrected chi connectivity index (χ3v) is 3.98. The Balaban J connectivity index is 2.14. The van der Waals surface area contributed by atoms with E-state index in [1.807, 2.05) is 12.1 Å². The molecular formula is C17H24N2O. The van der Waals surface area contributed by atoms with Gasteiger partial charge in [-0.1, -0.05) is 24.7 Å². The van der Waals surface area contributed by atoms with Crippen LogP contribution in [0.4, 0.5) is 0 Å². The van der Waals surface area contributed by atoms with Crippen LogP contribution in [-0.2, 0) is 6.54 Å². The normalized spacial score (nSPS) is 15.2. The molecule has 0 aliphatic heterocycles. The van der Waals surface area contributed by atoms with E-state index in [0.717, 1.165) is 17.9 Å². The van der Waals surface area contributed by atoms with Gasteiger partial charge in [-0.25, -0.2) is 0 Å². The van der Waals surface area contributed by atoms with Crippen LogP contribution in [0.3, 0.4) is 0 Å². The van der Waals surface area contributed by atoms with Crippen molar-refractivity contribution in [1.82, 2.24) is 4.90 Å². The molecule has 0 atom stereocenters. The third kappa shape index (κ3) is 3.75. The minimum absolute atomic E-state index is 0.392. The fourth-order valence-corrected chi connectivity index (χ4v) is 2.88. The number of methoxy groups -OCH3 is 1. The summed E-state index contributed by atoms with van der Waals surface area (Å²) in [5.41, 5.74) is 7.63. The smallest absolute Gasteiger partial charge is 0.123 e. The van der Waals surface area contributed by atoms with E-state index in [-0.39, 0.29) is 0 Å². The number of nitrogens with zero attached hydrogens (tertiary/aromatic N) is 1. The molecule has 1 aromatic carbocycles. The number of benzene rings is 1. The maximum atomic E-state index is 5.47. The van der Waals surface area contributed by atoms with Crippen molar-refractivity contribution in [3.63, 3.8) is 0 Å². The molecule has 20 heavy (non-hydrogen) atoms. The molecule has 1 aliphatic carbocycles. The second kappa shape index (κ2) is 7.33. The van der Waals surface area contributed by atoms with Gasteiger partial charge in [0.15, 0.2) is 0 Å². The van der Waals surface area contributed by atoms with Crippen molar-refractivity contribution < 1.29 is 4.74 Å². The van der Waals surface area contributed by atoms with E-state index in [4.69, 9.17) is 10.5 Å². The van der Waals surface area contributed by atoms with Gasteiger partial charge in [0.05, 0.1) is 13.7 Å². The number of ether oxygens (including phenoxy) is 1. The van der Waals surface area contributed by atoms with E-state index < -0.39 is 0 Å². The van der Waals surface area contributed by atoms with Crippen LogP contribution in [0.5, 0.6) is 5.75 Å². The quantitative estimate of drug-likeness (QED) is 0.855. The summed E-state index contributed by atoms with van der Waals surface area (Å²) in [6.07, 6.45) is 5.33. The molecule has 2 rings (SSSR count). The molecule has 108 valence electrons. The number of hydrogen-bond donors (Lipinski definition) is 1. The maximum absolute atomic E-state index is 5.47.